The van der Waals surface area contributed by atoms with Gasteiger partial charge in [-0.05, 0) is 63.1 Å². The lowest BCUT2D eigenvalue weighted by Crippen LogP contribution is -2.11. The quantitative estimate of drug-likeness (QED) is 0.0678. The highest BCUT2D eigenvalue weighted by atomic mass is 16.5. The van der Waals surface area contributed by atoms with Gasteiger partial charge in [0.05, 0.1) is 61.9 Å². The Hall–Kier alpha value is -5.68. The van der Waals surface area contributed by atoms with Gasteiger partial charge in [0.25, 0.3) is 0 Å². The first-order chi connectivity index (χ1) is 27.0. The minimum absolute atomic E-state index is 0.139. The van der Waals surface area contributed by atoms with E-state index in [0.717, 1.165) is 38.5 Å². The zero-order valence-corrected chi connectivity index (χ0v) is 33.1. The topological polar surface area (TPSA) is 272 Å². The molecule has 0 aliphatic heterocycles. The van der Waals surface area contributed by atoms with E-state index in [1.807, 2.05) is 0 Å². The van der Waals surface area contributed by atoms with Gasteiger partial charge in [0.1, 0.15) is 0 Å². The Bertz CT molecular complexity index is 1410. The molecule has 2 unspecified atom stereocenters. The summed E-state index contributed by atoms with van der Waals surface area (Å²) >= 11 is 0. The largest absolute Gasteiger partial charge is 0.481 e. The average Bonchev–Trinajstić information content (AvgIpc) is 3.19. The number of hydrogen-bond acceptors (Lipinski definition) is 12. The van der Waals surface area contributed by atoms with E-state index in [2.05, 4.69) is 14.2 Å². The van der Waals surface area contributed by atoms with Crippen LogP contribution in [0, 0.1) is 0 Å². The van der Waals surface area contributed by atoms with Crippen LogP contribution in [0.4, 0.5) is 0 Å². The highest BCUT2D eigenvalue weighted by molar-refractivity contribution is 6.03. The molecule has 57 heavy (non-hydrogen) atoms. The summed E-state index contributed by atoms with van der Waals surface area (Å²) in [6.45, 7) is 3.50. The number of aliphatic hydroxyl groups is 3. The fourth-order valence-electron chi connectivity index (χ4n) is 3.72. The summed E-state index contributed by atoms with van der Waals surface area (Å²) in [6.07, 6.45) is 4.94. The highest BCUT2D eigenvalue weighted by Gasteiger charge is 2.16. The lowest BCUT2D eigenvalue weighted by molar-refractivity contribution is -0.138. The van der Waals surface area contributed by atoms with E-state index in [1.165, 1.54) is 33.3 Å². The Balaban J connectivity index is -0.000000636. The summed E-state index contributed by atoms with van der Waals surface area (Å²) in [5.41, 5.74) is 1.08. The second kappa shape index (κ2) is 37.3. The summed E-state index contributed by atoms with van der Waals surface area (Å²) in [7, 11) is 4.08. The summed E-state index contributed by atoms with van der Waals surface area (Å²) in [5, 5.41) is 57.9. The molecule has 2 atom stereocenters. The van der Waals surface area contributed by atoms with E-state index in [9.17, 15) is 28.8 Å². The van der Waals surface area contributed by atoms with Crippen LogP contribution >= 0.6 is 0 Å². The number of esters is 2. The second-order valence-electron chi connectivity index (χ2n) is 11.6. The number of methoxy groups -OCH3 is 3. The van der Waals surface area contributed by atoms with E-state index in [-0.39, 0.29) is 36.7 Å². The first-order valence-corrected chi connectivity index (χ1v) is 17.7. The predicted octanol–water partition coefficient (Wildman–Crippen LogP) is 5.68. The molecule has 16 heteroatoms. The SMILES string of the molecule is CC(O)CO.COC(=O)c1ccccc1C(=O)OC.COCC(C)O.O=C(O)CCCCCCCCC(=O)O.O=C(O)c1ccccc1.O=C(O)c1ccccc1. The number of rotatable bonds is 16. The van der Waals surface area contributed by atoms with Crippen molar-refractivity contribution in [3.8, 4) is 0 Å². The molecule has 0 heterocycles. The number of aromatic carboxylic acids is 2. The first kappa shape index (κ1) is 55.7. The van der Waals surface area contributed by atoms with E-state index in [0.29, 0.717) is 17.7 Å². The summed E-state index contributed by atoms with van der Waals surface area (Å²) < 4.78 is 13.6. The molecule has 0 saturated heterocycles. The van der Waals surface area contributed by atoms with Gasteiger partial charge in [0, 0.05) is 20.0 Å². The normalized spacial score (nSPS) is 10.4. The molecular weight excluding hydrogens is 748 g/mol. The number of carboxylic acids is 4. The maximum Gasteiger partial charge on any atom is 0.338 e. The highest BCUT2D eigenvalue weighted by Crippen LogP contribution is 2.11. The molecule has 0 fully saturated rings. The van der Waals surface area contributed by atoms with Crippen molar-refractivity contribution >= 4 is 35.8 Å². The lowest BCUT2D eigenvalue weighted by Gasteiger charge is -2.04. The van der Waals surface area contributed by atoms with Gasteiger partial charge < -0.3 is 50.0 Å². The van der Waals surface area contributed by atoms with Crippen molar-refractivity contribution in [2.75, 3.05) is 34.5 Å². The van der Waals surface area contributed by atoms with Crippen molar-refractivity contribution in [2.24, 2.45) is 0 Å². The summed E-state index contributed by atoms with van der Waals surface area (Å²) in [4.78, 5) is 63.1. The monoisotopic (exact) mass is 806 g/mol. The van der Waals surface area contributed by atoms with Gasteiger partial charge in [0.2, 0.25) is 0 Å². The molecule has 0 aromatic heterocycles. The Labute approximate surface area is 333 Å². The molecule has 0 amide bonds. The molecule has 3 aromatic rings. The predicted molar refractivity (Wildman–Crippen MR) is 210 cm³/mol. The Morgan fingerprint density at radius 1 is 0.509 bits per heavy atom. The van der Waals surface area contributed by atoms with Crippen LogP contribution in [0.2, 0.25) is 0 Å². The van der Waals surface area contributed by atoms with Crippen molar-refractivity contribution < 1.29 is 78.7 Å². The number of ether oxygens (including phenoxy) is 3. The van der Waals surface area contributed by atoms with Gasteiger partial charge in [-0.25, -0.2) is 19.2 Å². The van der Waals surface area contributed by atoms with Crippen LogP contribution in [-0.4, -0.2) is 118 Å². The van der Waals surface area contributed by atoms with E-state index in [1.54, 1.807) is 86.8 Å². The van der Waals surface area contributed by atoms with Crippen LogP contribution in [-0.2, 0) is 23.8 Å². The number of aliphatic hydroxyl groups excluding tert-OH is 3. The number of aliphatic carboxylic acids is 2. The molecule has 0 radical (unpaired) electrons. The van der Waals surface area contributed by atoms with Crippen LogP contribution in [0.5, 0.6) is 0 Å². The van der Waals surface area contributed by atoms with E-state index < -0.39 is 41.9 Å². The molecule has 0 saturated carbocycles. The molecule has 3 aromatic carbocycles. The number of unbranched alkanes of at least 4 members (excludes halogenated alkanes) is 5. The smallest absolute Gasteiger partial charge is 0.338 e. The number of hydrogen-bond donors (Lipinski definition) is 7. The summed E-state index contributed by atoms with van der Waals surface area (Å²) in [6, 6.07) is 22.9. The van der Waals surface area contributed by atoms with Gasteiger partial charge in [-0.15, -0.1) is 0 Å². The molecule has 0 aliphatic carbocycles. The third kappa shape index (κ3) is 35.8. The standard InChI is InChI=1S/C10H10O4.C10H18O4.2C7H6O2.C4H10O2.C3H8O2/c1-13-9(11)7-5-3-4-6-8(7)10(12)14-2;11-9(12)7-5-3-1-2-4-6-8-10(13)14;2*8-7(9)6-4-2-1-3-5-6;1-4(5)3-6-2;1-3(5)2-4/h3-6H,1-2H3;1-8H2,(H,11,12)(H,13,14);2*1-5H,(H,8,9);4-5H,3H2,1-2H3;3-5H,2H2,1H3. The molecule has 16 nitrogen and oxygen atoms in total. The van der Waals surface area contributed by atoms with Gasteiger partial charge >= 0.3 is 35.8 Å². The van der Waals surface area contributed by atoms with Gasteiger partial charge in [-0.1, -0.05) is 74.2 Å². The Morgan fingerprint density at radius 3 is 1.00 bits per heavy atom. The third-order valence-electron chi connectivity index (χ3n) is 6.48. The van der Waals surface area contributed by atoms with E-state index >= 15 is 0 Å². The minimum Gasteiger partial charge on any atom is -0.481 e. The fourth-order valence-corrected chi connectivity index (χ4v) is 3.72. The number of carbonyl (C=O) groups excluding carboxylic acids is 2. The molecule has 318 valence electrons. The Kier molecular flexibility index (Phi) is 36.4. The van der Waals surface area contributed by atoms with Crippen LogP contribution in [0.25, 0.3) is 0 Å². The zero-order chi connectivity index (χ0) is 44.0. The van der Waals surface area contributed by atoms with Gasteiger partial charge in [0.15, 0.2) is 0 Å². The fraction of sp³-hybridized carbons (Fsp3) is 0.415. The molecule has 7 N–H and O–H groups in total. The van der Waals surface area contributed by atoms with Crippen molar-refractivity contribution in [1.29, 1.82) is 0 Å². The molecule has 0 spiro atoms. The maximum atomic E-state index is 11.2. The second-order valence-corrected chi connectivity index (χ2v) is 11.6. The van der Waals surface area contributed by atoms with Crippen molar-refractivity contribution in [1.82, 2.24) is 0 Å². The van der Waals surface area contributed by atoms with Gasteiger partial charge in [-0.3, -0.25) is 9.59 Å². The molecule has 0 aliphatic rings. The summed E-state index contributed by atoms with van der Waals surface area (Å²) in [5.74, 6) is -4.34. The molecule has 3 rings (SSSR count). The first-order valence-electron chi connectivity index (χ1n) is 17.7. The van der Waals surface area contributed by atoms with Gasteiger partial charge in [-0.2, -0.15) is 0 Å². The van der Waals surface area contributed by atoms with Crippen LogP contribution < -0.4 is 0 Å². The Morgan fingerprint density at radius 2 is 0.807 bits per heavy atom. The van der Waals surface area contributed by atoms with Crippen LogP contribution in [0.1, 0.15) is 107 Å². The van der Waals surface area contributed by atoms with Crippen LogP contribution in [0.3, 0.4) is 0 Å². The number of benzene rings is 3. The van der Waals surface area contributed by atoms with Crippen molar-refractivity contribution in [2.45, 2.75) is 77.4 Å². The molecule has 0 bridgehead atoms. The third-order valence-corrected chi connectivity index (χ3v) is 6.48. The zero-order valence-electron chi connectivity index (χ0n) is 33.1. The van der Waals surface area contributed by atoms with Crippen molar-refractivity contribution in [3.63, 3.8) is 0 Å². The van der Waals surface area contributed by atoms with E-state index in [4.69, 9.17) is 35.7 Å². The minimum atomic E-state index is -0.879. The number of carboxylic acid groups (broad SMARTS) is 4. The maximum absolute atomic E-state index is 11.2. The van der Waals surface area contributed by atoms with Crippen LogP contribution in [0.15, 0.2) is 84.9 Å². The lowest BCUT2D eigenvalue weighted by atomic mass is 10.1. The average molecular weight is 807 g/mol. The van der Waals surface area contributed by atoms with Crippen molar-refractivity contribution in [3.05, 3.63) is 107 Å². The molecular formula is C41H58O16. The number of carbonyl (C=O) groups is 6.